The summed E-state index contributed by atoms with van der Waals surface area (Å²) in [7, 11) is 0. The van der Waals surface area contributed by atoms with E-state index in [9.17, 15) is 10.0 Å². The molecule has 3 rings (SSSR count). The lowest BCUT2D eigenvalue weighted by atomic mass is 9.65. The van der Waals surface area contributed by atoms with Gasteiger partial charge in [-0.05, 0) is 68.6 Å². The number of hydrogen-bond acceptors (Lipinski definition) is 4. The van der Waals surface area contributed by atoms with Crippen LogP contribution in [0.5, 0.6) is 11.5 Å². The van der Waals surface area contributed by atoms with Gasteiger partial charge in [0.25, 0.3) is 0 Å². The molecular weight excluding hydrogens is 350 g/mol. The van der Waals surface area contributed by atoms with Gasteiger partial charge in [-0.15, -0.1) is 0 Å². The number of hydrogen-bond donors (Lipinski definition) is 1. The van der Waals surface area contributed by atoms with Crippen LogP contribution in [-0.2, 0) is 0 Å². The Labute approximate surface area is 170 Å². The maximum atomic E-state index is 11.2. The monoisotopic (exact) mass is 387 g/mol. The molecule has 1 aromatic carbocycles. The minimum absolute atomic E-state index is 0.140. The van der Waals surface area contributed by atoms with E-state index in [-0.39, 0.29) is 17.6 Å². The van der Waals surface area contributed by atoms with Crippen molar-refractivity contribution < 1.29 is 9.84 Å². The van der Waals surface area contributed by atoms with Crippen molar-refractivity contribution in [2.75, 3.05) is 0 Å². The molecule has 0 radical (unpaired) electrons. The Bertz CT molecular complexity index is 699. The van der Waals surface area contributed by atoms with Crippen LogP contribution in [0.3, 0.4) is 0 Å². The van der Waals surface area contributed by atoms with Crippen molar-refractivity contribution in [3.8, 4) is 11.5 Å². The normalized spacial score (nSPS) is 27.8. The second kappa shape index (κ2) is 8.42. The van der Waals surface area contributed by atoms with Crippen molar-refractivity contribution in [3.05, 3.63) is 28.2 Å². The molecule has 0 spiro atoms. The van der Waals surface area contributed by atoms with Crippen LogP contribution in [0.1, 0.15) is 103 Å². The molecule has 2 aliphatic rings. The molecule has 1 aliphatic carbocycles. The highest BCUT2D eigenvalue weighted by atomic mass is 16.5. The highest BCUT2D eigenvalue weighted by molar-refractivity contribution is 5.52. The van der Waals surface area contributed by atoms with Gasteiger partial charge in [-0.1, -0.05) is 51.6 Å². The van der Waals surface area contributed by atoms with Gasteiger partial charge in [0.05, 0.1) is 6.04 Å². The molecule has 3 unspecified atom stereocenters. The quantitative estimate of drug-likeness (QED) is 0.409. The number of unbranched alkanes of at least 4 members (excludes halogenated alkanes) is 2. The third-order valence-corrected chi connectivity index (χ3v) is 7.39. The molecule has 4 nitrogen and oxygen atoms in total. The Balaban J connectivity index is 1.90. The summed E-state index contributed by atoms with van der Waals surface area (Å²) in [6, 6.07) is 3.93. The fourth-order valence-corrected chi connectivity index (χ4v) is 5.40. The Kier molecular flexibility index (Phi) is 6.36. The highest BCUT2D eigenvalue weighted by Crippen LogP contribution is 2.55. The number of rotatable bonds is 7. The van der Waals surface area contributed by atoms with E-state index in [1.807, 2.05) is 6.07 Å². The van der Waals surface area contributed by atoms with Gasteiger partial charge in [-0.2, -0.15) is 4.91 Å². The molecule has 1 aliphatic heterocycles. The van der Waals surface area contributed by atoms with Crippen LogP contribution in [0.2, 0.25) is 0 Å². The first-order valence-electron chi connectivity index (χ1n) is 11.2. The molecule has 0 amide bonds. The molecule has 1 N–H and O–H groups in total. The van der Waals surface area contributed by atoms with Crippen molar-refractivity contribution in [2.24, 2.45) is 17.0 Å². The molecule has 1 heterocycles. The Hall–Kier alpha value is -1.58. The van der Waals surface area contributed by atoms with E-state index >= 15 is 0 Å². The number of benzene rings is 1. The van der Waals surface area contributed by atoms with Crippen LogP contribution in [0, 0.1) is 16.7 Å². The van der Waals surface area contributed by atoms with E-state index in [1.54, 1.807) is 0 Å². The van der Waals surface area contributed by atoms with E-state index in [4.69, 9.17) is 4.74 Å². The molecule has 0 bridgehead atoms. The summed E-state index contributed by atoms with van der Waals surface area (Å²) in [5.74, 6) is 2.51. The topological polar surface area (TPSA) is 58.9 Å². The zero-order chi connectivity index (χ0) is 20.5. The standard InChI is InChI=1S/C24H37NO3/c1-6-7-8-9-15(2)16(3)17-12-21(26)23-19-14-18(25-27)10-11-20(19)24(4,5)28-22(23)13-17/h12-13,15-16,18-20,26H,6-11,14H2,1-5H3/t15?,16?,18?,19-,20-/m1/s1. The number of ether oxygens (including phenoxy) is 1. The second-order valence-electron chi connectivity index (χ2n) is 9.70. The van der Waals surface area contributed by atoms with Crippen molar-refractivity contribution >= 4 is 0 Å². The van der Waals surface area contributed by atoms with E-state index in [1.165, 1.54) is 25.7 Å². The first-order valence-corrected chi connectivity index (χ1v) is 11.2. The highest BCUT2D eigenvalue weighted by Gasteiger charge is 2.48. The molecule has 5 atom stereocenters. The fraction of sp³-hybridized carbons (Fsp3) is 0.750. The average molecular weight is 388 g/mol. The summed E-state index contributed by atoms with van der Waals surface area (Å²) in [6.07, 6.45) is 7.42. The molecule has 28 heavy (non-hydrogen) atoms. The predicted octanol–water partition coefficient (Wildman–Crippen LogP) is 6.90. The molecule has 1 aromatic rings. The maximum Gasteiger partial charge on any atom is 0.127 e. The summed E-state index contributed by atoms with van der Waals surface area (Å²) in [5.41, 5.74) is 1.75. The number of fused-ring (bicyclic) bond motifs is 3. The van der Waals surface area contributed by atoms with Gasteiger partial charge in [0.2, 0.25) is 0 Å². The zero-order valence-electron chi connectivity index (χ0n) is 18.2. The van der Waals surface area contributed by atoms with Crippen molar-refractivity contribution in [3.63, 3.8) is 0 Å². The fourth-order valence-electron chi connectivity index (χ4n) is 5.40. The van der Waals surface area contributed by atoms with Gasteiger partial charge < -0.3 is 9.84 Å². The van der Waals surface area contributed by atoms with Gasteiger partial charge in [-0.25, -0.2) is 0 Å². The summed E-state index contributed by atoms with van der Waals surface area (Å²) >= 11 is 0. The van der Waals surface area contributed by atoms with Gasteiger partial charge in [0.15, 0.2) is 0 Å². The van der Waals surface area contributed by atoms with Gasteiger partial charge in [-0.3, -0.25) is 0 Å². The summed E-state index contributed by atoms with van der Waals surface area (Å²) < 4.78 is 6.44. The molecule has 4 heteroatoms. The van der Waals surface area contributed by atoms with Gasteiger partial charge in [0, 0.05) is 11.5 Å². The van der Waals surface area contributed by atoms with Gasteiger partial charge in [0.1, 0.15) is 17.1 Å². The smallest absolute Gasteiger partial charge is 0.127 e. The molecular formula is C24H37NO3. The Morgan fingerprint density at radius 1 is 1.25 bits per heavy atom. The molecule has 156 valence electrons. The van der Waals surface area contributed by atoms with Crippen molar-refractivity contribution in [2.45, 2.75) is 103 Å². The van der Waals surface area contributed by atoms with Crippen molar-refractivity contribution in [1.29, 1.82) is 0 Å². The minimum atomic E-state index is -0.299. The molecule has 1 fully saturated rings. The Morgan fingerprint density at radius 2 is 2.00 bits per heavy atom. The number of phenolic OH excluding ortho intramolecular Hbond substituents is 1. The van der Waals surface area contributed by atoms with Crippen LogP contribution in [0.4, 0.5) is 0 Å². The maximum absolute atomic E-state index is 11.2. The van der Waals surface area contributed by atoms with E-state index < -0.39 is 0 Å². The lowest BCUT2D eigenvalue weighted by Crippen LogP contribution is -2.47. The van der Waals surface area contributed by atoms with Crippen molar-refractivity contribution in [1.82, 2.24) is 0 Å². The largest absolute Gasteiger partial charge is 0.508 e. The molecule has 0 saturated heterocycles. The summed E-state index contributed by atoms with van der Waals surface area (Å²) in [4.78, 5) is 11.2. The van der Waals surface area contributed by atoms with E-state index in [2.05, 4.69) is 45.9 Å². The number of phenols is 1. The number of nitrogens with zero attached hydrogens (tertiary/aromatic N) is 1. The third-order valence-electron chi connectivity index (χ3n) is 7.39. The minimum Gasteiger partial charge on any atom is -0.508 e. The predicted molar refractivity (Wildman–Crippen MR) is 114 cm³/mol. The lowest BCUT2D eigenvalue weighted by Gasteiger charge is -2.48. The van der Waals surface area contributed by atoms with E-state index in [0.29, 0.717) is 29.9 Å². The van der Waals surface area contributed by atoms with Crippen LogP contribution in [0.15, 0.2) is 17.3 Å². The number of nitroso groups, excluding NO2 is 1. The number of aromatic hydroxyl groups is 1. The first kappa shape index (κ1) is 21.1. The summed E-state index contributed by atoms with van der Waals surface area (Å²) in [6.45, 7) is 11.1. The van der Waals surface area contributed by atoms with E-state index in [0.717, 1.165) is 29.7 Å². The third kappa shape index (κ3) is 4.06. The SMILES string of the molecule is CCCCCC(C)C(C)c1cc(O)c2c(c1)OC(C)(C)[C@@H]1CCC(N=O)C[C@@H]21. The Morgan fingerprint density at radius 3 is 2.68 bits per heavy atom. The van der Waals surface area contributed by atoms with Crippen LogP contribution in [-0.4, -0.2) is 16.7 Å². The van der Waals surface area contributed by atoms with Gasteiger partial charge >= 0.3 is 0 Å². The van der Waals surface area contributed by atoms with Crippen LogP contribution >= 0.6 is 0 Å². The zero-order valence-corrected chi connectivity index (χ0v) is 18.2. The molecule has 1 saturated carbocycles. The first-order chi connectivity index (χ1) is 13.3. The van der Waals surface area contributed by atoms with Crippen LogP contribution < -0.4 is 4.74 Å². The second-order valence-corrected chi connectivity index (χ2v) is 9.70. The average Bonchev–Trinajstić information content (AvgIpc) is 2.66. The lowest BCUT2D eigenvalue weighted by molar-refractivity contribution is -0.00988. The molecule has 0 aromatic heterocycles. The summed E-state index contributed by atoms with van der Waals surface area (Å²) in [5, 5.41) is 14.3. The van der Waals surface area contributed by atoms with Crippen LogP contribution in [0.25, 0.3) is 0 Å².